The van der Waals surface area contributed by atoms with Gasteiger partial charge in [-0.15, -0.1) is 6.58 Å². The van der Waals surface area contributed by atoms with Crippen molar-refractivity contribution in [1.29, 1.82) is 0 Å². The minimum Gasteiger partial charge on any atom is -0.351 e. The van der Waals surface area contributed by atoms with Crippen LogP contribution in [0.4, 0.5) is 0 Å². The summed E-state index contributed by atoms with van der Waals surface area (Å²) in [6.07, 6.45) is 1.83. The van der Waals surface area contributed by atoms with Gasteiger partial charge >= 0.3 is 0 Å². The van der Waals surface area contributed by atoms with Crippen molar-refractivity contribution in [3.63, 3.8) is 0 Å². The summed E-state index contributed by atoms with van der Waals surface area (Å²) < 4.78 is 2.07. The van der Waals surface area contributed by atoms with Crippen molar-refractivity contribution in [2.75, 3.05) is 5.75 Å². The molecule has 1 heterocycles. The number of para-hydroxylation sites is 2. The van der Waals surface area contributed by atoms with Crippen LogP contribution in [0.15, 0.2) is 66.3 Å². The van der Waals surface area contributed by atoms with Crippen molar-refractivity contribution in [1.82, 2.24) is 14.9 Å². The van der Waals surface area contributed by atoms with Gasteiger partial charge in [0.15, 0.2) is 5.16 Å². The Kier molecular flexibility index (Phi) is 5.79. The van der Waals surface area contributed by atoms with E-state index in [0.717, 1.165) is 21.8 Å². The molecule has 3 rings (SSSR count). The van der Waals surface area contributed by atoms with E-state index in [4.69, 9.17) is 11.6 Å². The maximum Gasteiger partial charge on any atom is 0.230 e. The average Bonchev–Trinajstić information content (AvgIpc) is 2.96. The molecule has 0 radical (unpaired) electrons. The molecule has 2 aromatic carbocycles. The first-order chi connectivity index (χ1) is 12.2. The van der Waals surface area contributed by atoms with E-state index in [1.165, 1.54) is 11.8 Å². The van der Waals surface area contributed by atoms with Crippen molar-refractivity contribution < 1.29 is 4.79 Å². The van der Waals surface area contributed by atoms with Crippen molar-refractivity contribution >= 4 is 40.3 Å². The number of amides is 1. The van der Waals surface area contributed by atoms with Crippen LogP contribution < -0.4 is 5.32 Å². The highest BCUT2D eigenvalue weighted by Crippen LogP contribution is 2.24. The molecule has 25 heavy (non-hydrogen) atoms. The molecule has 0 saturated carbocycles. The SMILES string of the molecule is C=CCn1c(SCC(=O)NCc2cccc(Cl)c2)nc2ccccc21. The Morgan fingerprint density at radius 2 is 2.12 bits per heavy atom. The first kappa shape index (κ1) is 17.6. The summed E-state index contributed by atoms with van der Waals surface area (Å²) in [6.45, 7) is 4.92. The first-order valence-electron chi connectivity index (χ1n) is 7.87. The van der Waals surface area contributed by atoms with Gasteiger partial charge in [-0.2, -0.15) is 0 Å². The summed E-state index contributed by atoms with van der Waals surface area (Å²) in [5.74, 6) is 0.267. The molecule has 128 valence electrons. The fourth-order valence-electron chi connectivity index (χ4n) is 2.50. The van der Waals surface area contributed by atoms with Gasteiger partial charge in [-0.05, 0) is 29.8 Å². The van der Waals surface area contributed by atoms with E-state index in [1.54, 1.807) is 0 Å². The minimum absolute atomic E-state index is 0.0396. The van der Waals surface area contributed by atoms with Crippen LogP contribution in [0.25, 0.3) is 11.0 Å². The third-order valence-electron chi connectivity index (χ3n) is 3.64. The number of halogens is 1. The van der Waals surface area contributed by atoms with Gasteiger partial charge < -0.3 is 9.88 Å². The molecule has 0 aliphatic heterocycles. The Labute approximate surface area is 155 Å². The number of hydrogen-bond acceptors (Lipinski definition) is 3. The van der Waals surface area contributed by atoms with Crippen LogP contribution in [0.1, 0.15) is 5.56 Å². The molecular weight excluding hydrogens is 354 g/mol. The Bertz CT molecular complexity index is 907. The van der Waals surface area contributed by atoms with E-state index in [0.29, 0.717) is 23.9 Å². The van der Waals surface area contributed by atoms with E-state index in [9.17, 15) is 4.79 Å². The number of nitrogens with one attached hydrogen (secondary N) is 1. The zero-order valence-electron chi connectivity index (χ0n) is 13.6. The molecule has 0 unspecified atom stereocenters. The van der Waals surface area contributed by atoms with Gasteiger partial charge in [-0.25, -0.2) is 4.98 Å². The van der Waals surface area contributed by atoms with Crippen LogP contribution in [-0.2, 0) is 17.9 Å². The van der Waals surface area contributed by atoms with E-state index in [-0.39, 0.29) is 5.91 Å². The quantitative estimate of drug-likeness (QED) is 0.498. The van der Waals surface area contributed by atoms with Crippen LogP contribution in [0.3, 0.4) is 0 Å². The molecule has 3 aromatic rings. The molecule has 0 spiro atoms. The summed E-state index contributed by atoms with van der Waals surface area (Å²) in [6, 6.07) is 15.4. The second-order valence-electron chi connectivity index (χ2n) is 5.48. The summed E-state index contributed by atoms with van der Waals surface area (Å²) in [7, 11) is 0. The largest absolute Gasteiger partial charge is 0.351 e. The summed E-state index contributed by atoms with van der Waals surface area (Å²) in [5.41, 5.74) is 2.94. The Morgan fingerprint density at radius 1 is 1.28 bits per heavy atom. The average molecular weight is 372 g/mol. The molecule has 1 amide bonds. The predicted molar refractivity (Wildman–Crippen MR) is 104 cm³/mol. The second-order valence-corrected chi connectivity index (χ2v) is 6.86. The number of thioether (sulfide) groups is 1. The molecule has 4 nitrogen and oxygen atoms in total. The van der Waals surface area contributed by atoms with Crippen LogP contribution in [0, 0.1) is 0 Å². The Balaban J connectivity index is 1.63. The van der Waals surface area contributed by atoms with Crippen LogP contribution in [-0.4, -0.2) is 21.2 Å². The van der Waals surface area contributed by atoms with Gasteiger partial charge in [0, 0.05) is 18.1 Å². The molecule has 0 aliphatic rings. The summed E-state index contributed by atoms with van der Waals surface area (Å²) in [5, 5.41) is 4.39. The smallest absolute Gasteiger partial charge is 0.230 e. The molecule has 1 aromatic heterocycles. The maximum absolute atomic E-state index is 12.1. The van der Waals surface area contributed by atoms with Crippen molar-refractivity contribution in [2.24, 2.45) is 0 Å². The van der Waals surface area contributed by atoms with Gasteiger partial charge in [-0.1, -0.05) is 53.7 Å². The Hall–Kier alpha value is -2.24. The lowest BCUT2D eigenvalue weighted by Crippen LogP contribution is -2.24. The number of aromatic nitrogens is 2. The molecule has 1 N–H and O–H groups in total. The summed E-state index contributed by atoms with van der Waals surface area (Å²) in [4.78, 5) is 16.8. The van der Waals surface area contributed by atoms with E-state index < -0.39 is 0 Å². The number of fused-ring (bicyclic) bond motifs is 1. The highest BCUT2D eigenvalue weighted by Gasteiger charge is 2.12. The van der Waals surface area contributed by atoms with Gasteiger partial charge in [0.1, 0.15) is 0 Å². The maximum atomic E-state index is 12.1. The first-order valence-corrected chi connectivity index (χ1v) is 9.24. The van der Waals surface area contributed by atoms with Crippen LogP contribution in [0.5, 0.6) is 0 Å². The van der Waals surface area contributed by atoms with Gasteiger partial charge in [0.2, 0.25) is 5.91 Å². The second kappa shape index (κ2) is 8.23. The lowest BCUT2D eigenvalue weighted by molar-refractivity contribution is -0.118. The van der Waals surface area contributed by atoms with E-state index in [1.807, 2.05) is 54.6 Å². The van der Waals surface area contributed by atoms with E-state index >= 15 is 0 Å². The predicted octanol–water partition coefficient (Wildman–Crippen LogP) is 4.28. The van der Waals surface area contributed by atoms with Crippen molar-refractivity contribution in [3.8, 4) is 0 Å². The number of carbonyl (C=O) groups is 1. The molecule has 0 saturated heterocycles. The fourth-order valence-corrected chi connectivity index (χ4v) is 3.56. The van der Waals surface area contributed by atoms with Gasteiger partial charge in [-0.3, -0.25) is 4.79 Å². The zero-order valence-corrected chi connectivity index (χ0v) is 15.2. The Morgan fingerprint density at radius 3 is 2.92 bits per heavy atom. The summed E-state index contributed by atoms with van der Waals surface area (Å²) >= 11 is 7.38. The molecule has 0 fully saturated rings. The number of rotatable bonds is 7. The number of nitrogens with zero attached hydrogens (tertiary/aromatic N) is 2. The molecule has 0 aliphatic carbocycles. The number of benzene rings is 2. The molecule has 0 atom stereocenters. The standard InChI is InChI=1S/C19H18ClN3OS/c1-2-10-23-17-9-4-3-8-16(17)22-19(23)25-13-18(24)21-12-14-6-5-7-15(20)11-14/h2-9,11H,1,10,12-13H2,(H,21,24). The topological polar surface area (TPSA) is 46.9 Å². The third kappa shape index (κ3) is 4.44. The number of allylic oxidation sites excluding steroid dienone is 1. The molecule has 6 heteroatoms. The van der Waals surface area contributed by atoms with Crippen molar-refractivity contribution in [3.05, 3.63) is 71.8 Å². The lowest BCUT2D eigenvalue weighted by Gasteiger charge is -2.07. The molecule has 0 bridgehead atoms. The highest BCUT2D eigenvalue weighted by molar-refractivity contribution is 7.99. The fraction of sp³-hybridized carbons (Fsp3) is 0.158. The van der Waals surface area contributed by atoms with Gasteiger partial charge in [0.05, 0.1) is 16.8 Å². The number of hydrogen-bond donors (Lipinski definition) is 1. The van der Waals surface area contributed by atoms with Gasteiger partial charge in [0.25, 0.3) is 0 Å². The normalized spacial score (nSPS) is 10.8. The van der Waals surface area contributed by atoms with E-state index in [2.05, 4.69) is 21.4 Å². The zero-order chi connectivity index (χ0) is 17.6. The van der Waals surface area contributed by atoms with Crippen LogP contribution >= 0.6 is 23.4 Å². The third-order valence-corrected chi connectivity index (χ3v) is 4.85. The highest BCUT2D eigenvalue weighted by atomic mass is 35.5. The number of carbonyl (C=O) groups excluding carboxylic acids is 1. The molecular formula is C19H18ClN3OS. The van der Waals surface area contributed by atoms with Crippen molar-refractivity contribution in [2.45, 2.75) is 18.2 Å². The number of imidazole rings is 1. The van der Waals surface area contributed by atoms with Crippen LogP contribution in [0.2, 0.25) is 5.02 Å². The minimum atomic E-state index is -0.0396. The monoisotopic (exact) mass is 371 g/mol. The lowest BCUT2D eigenvalue weighted by atomic mass is 10.2.